The summed E-state index contributed by atoms with van der Waals surface area (Å²) in [4.78, 5) is 15.6. The van der Waals surface area contributed by atoms with Gasteiger partial charge in [-0.1, -0.05) is 13.8 Å². The topological polar surface area (TPSA) is 62.2 Å². The summed E-state index contributed by atoms with van der Waals surface area (Å²) < 4.78 is 0. The quantitative estimate of drug-likeness (QED) is 0.839. The molecule has 0 saturated heterocycles. The van der Waals surface area contributed by atoms with E-state index in [1.54, 1.807) is 6.07 Å². The molecule has 1 heterocycles. The number of carboxylic acids is 1. The Morgan fingerprint density at radius 3 is 2.94 bits per heavy atom. The maximum absolute atomic E-state index is 11.2. The highest BCUT2D eigenvalue weighted by molar-refractivity contribution is 5.93. The minimum atomic E-state index is -0.904. The van der Waals surface area contributed by atoms with E-state index in [1.807, 2.05) is 0 Å². The van der Waals surface area contributed by atoms with Crippen molar-refractivity contribution in [1.29, 1.82) is 0 Å². The second-order valence-electron chi connectivity index (χ2n) is 4.92. The minimum absolute atomic E-state index is 0.298. The second-order valence-corrected chi connectivity index (χ2v) is 4.92. The number of fused-ring (bicyclic) bond motifs is 1. The number of anilines is 1. The van der Waals surface area contributed by atoms with Gasteiger partial charge in [-0.2, -0.15) is 0 Å². The number of aryl methyl sites for hydroxylation is 2. The van der Waals surface area contributed by atoms with E-state index in [1.165, 1.54) is 0 Å². The molecule has 2 N–H and O–H groups in total. The molecule has 0 atom stereocenters. The van der Waals surface area contributed by atoms with Crippen molar-refractivity contribution >= 4 is 11.8 Å². The summed E-state index contributed by atoms with van der Waals surface area (Å²) >= 11 is 0. The van der Waals surface area contributed by atoms with Crippen molar-refractivity contribution in [2.24, 2.45) is 5.92 Å². The van der Waals surface area contributed by atoms with E-state index in [2.05, 4.69) is 24.1 Å². The van der Waals surface area contributed by atoms with Gasteiger partial charge < -0.3 is 10.4 Å². The zero-order valence-corrected chi connectivity index (χ0v) is 10.3. The summed E-state index contributed by atoms with van der Waals surface area (Å²) in [5, 5.41) is 12.3. The molecule has 0 unspecified atom stereocenters. The molecule has 4 nitrogen and oxygen atoms in total. The highest BCUT2D eigenvalue weighted by Crippen LogP contribution is 2.25. The van der Waals surface area contributed by atoms with E-state index in [9.17, 15) is 9.90 Å². The summed E-state index contributed by atoms with van der Waals surface area (Å²) in [5.41, 5.74) is 2.45. The van der Waals surface area contributed by atoms with E-state index in [-0.39, 0.29) is 0 Å². The number of hydrogen-bond donors (Lipinski definition) is 2. The first kappa shape index (κ1) is 11.9. The highest BCUT2D eigenvalue weighted by Gasteiger charge is 2.19. The van der Waals surface area contributed by atoms with Crippen molar-refractivity contribution in [3.8, 4) is 0 Å². The highest BCUT2D eigenvalue weighted by atomic mass is 16.4. The smallest absolute Gasteiger partial charge is 0.339 e. The molecule has 4 heteroatoms. The number of aromatic nitrogens is 1. The maximum Gasteiger partial charge on any atom is 0.339 e. The van der Waals surface area contributed by atoms with Crippen LogP contribution in [0.4, 0.5) is 5.82 Å². The number of pyridine rings is 1. The third kappa shape index (κ3) is 2.57. The Balaban J connectivity index is 2.31. The Kier molecular flexibility index (Phi) is 3.31. The van der Waals surface area contributed by atoms with Gasteiger partial charge >= 0.3 is 5.97 Å². The molecule has 92 valence electrons. The Hall–Kier alpha value is -1.58. The number of carboxylic acid groups (broad SMARTS) is 1. The van der Waals surface area contributed by atoms with Crippen molar-refractivity contribution in [2.45, 2.75) is 33.1 Å². The number of aromatic carboxylic acids is 1. The first-order valence-electron chi connectivity index (χ1n) is 6.08. The zero-order chi connectivity index (χ0) is 12.4. The van der Waals surface area contributed by atoms with E-state index in [0.29, 0.717) is 17.3 Å². The van der Waals surface area contributed by atoms with Crippen molar-refractivity contribution in [3.63, 3.8) is 0 Å². The summed E-state index contributed by atoms with van der Waals surface area (Å²) in [6.45, 7) is 4.91. The summed E-state index contributed by atoms with van der Waals surface area (Å²) in [5.74, 6) is 0.0806. The molecule has 0 amide bonds. The predicted molar refractivity (Wildman–Crippen MR) is 66.5 cm³/mol. The van der Waals surface area contributed by atoms with Gasteiger partial charge in [0.05, 0.1) is 0 Å². The Morgan fingerprint density at radius 1 is 1.53 bits per heavy atom. The van der Waals surface area contributed by atoms with Crippen LogP contribution in [0.3, 0.4) is 0 Å². The van der Waals surface area contributed by atoms with Gasteiger partial charge in [-0.05, 0) is 36.8 Å². The Labute approximate surface area is 101 Å². The lowest BCUT2D eigenvalue weighted by atomic mass is 10.1. The number of carbonyl (C=O) groups is 1. The SMILES string of the molecule is CC(C)CNc1nc2c(cc1C(=O)O)CCC2. The Bertz CT molecular complexity index is 441. The number of rotatable bonds is 4. The fraction of sp³-hybridized carbons (Fsp3) is 0.538. The van der Waals surface area contributed by atoms with Gasteiger partial charge in [-0.3, -0.25) is 0 Å². The Morgan fingerprint density at radius 2 is 2.29 bits per heavy atom. The summed E-state index contributed by atoms with van der Waals surface area (Å²) in [6.07, 6.45) is 2.99. The molecular formula is C13H18N2O2. The average molecular weight is 234 g/mol. The largest absolute Gasteiger partial charge is 0.478 e. The van der Waals surface area contributed by atoms with Crippen molar-refractivity contribution in [2.75, 3.05) is 11.9 Å². The number of hydrogen-bond acceptors (Lipinski definition) is 3. The van der Waals surface area contributed by atoms with Gasteiger partial charge in [-0.15, -0.1) is 0 Å². The van der Waals surface area contributed by atoms with Crippen molar-refractivity contribution in [1.82, 2.24) is 4.98 Å². The molecule has 0 aliphatic heterocycles. The third-order valence-corrected chi connectivity index (χ3v) is 2.96. The van der Waals surface area contributed by atoms with Crippen LogP contribution < -0.4 is 5.32 Å². The summed E-state index contributed by atoms with van der Waals surface area (Å²) in [7, 11) is 0. The molecule has 0 fully saturated rings. The fourth-order valence-corrected chi connectivity index (χ4v) is 2.07. The van der Waals surface area contributed by atoms with Gasteiger partial charge in [0, 0.05) is 12.2 Å². The van der Waals surface area contributed by atoms with Gasteiger partial charge in [0.25, 0.3) is 0 Å². The molecule has 1 aliphatic carbocycles. The van der Waals surface area contributed by atoms with Crippen LogP contribution in [-0.2, 0) is 12.8 Å². The van der Waals surface area contributed by atoms with Crippen molar-refractivity contribution in [3.05, 3.63) is 22.9 Å². The zero-order valence-electron chi connectivity index (χ0n) is 10.3. The number of nitrogens with zero attached hydrogens (tertiary/aromatic N) is 1. The lowest BCUT2D eigenvalue weighted by molar-refractivity contribution is 0.0697. The minimum Gasteiger partial charge on any atom is -0.478 e. The van der Waals surface area contributed by atoms with Gasteiger partial charge in [-0.25, -0.2) is 9.78 Å². The molecule has 1 aromatic heterocycles. The van der Waals surface area contributed by atoms with Crippen LogP contribution in [0.15, 0.2) is 6.07 Å². The van der Waals surface area contributed by atoms with E-state index in [4.69, 9.17) is 0 Å². The first-order valence-corrected chi connectivity index (χ1v) is 6.08. The molecule has 0 radical (unpaired) electrons. The molecule has 17 heavy (non-hydrogen) atoms. The fourth-order valence-electron chi connectivity index (χ4n) is 2.07. The molecule has 1 aliphatic rings. The van der Waals surface area contributed by atoms with E-state index < -0.39 is 5.97 Å². The molecule has 0 saturated carbocycles. The molecule has 0 spiro atoms. The normalized spacial score (nSPS) is 13.8. The molecule has 1 aromatic rings. The predicted octanol–water partition coefficient (Wildman–Crippen LogP) is 2.34. The van der Waals surface area contributed by atoms with Crippen LogP contribution in [0, 0.1) is 5.92 Å². The van der Waals surface area contributed by atoms with Crippen LogP contribution in [0.25, 0.3) is 0 Å². The lowest BCUT2D eigenvalue weighted by Crippen LogP contribution is -2.14. The monoisotopic (exact) mass is 234 g/mol. The first-order chi connectivity index (χ1) is 8.08. The standard InChI is InChI=1S/C13H18N2O2/c1-8(2)7-14-12-10(13(16)17)6-9-4-3-5-11(9)15-12/h6,8H,3-5,7H2,1-2H3,(H,14,15)(H,16,17). The van der Waals surface area contributed by atoms with E-state index >= 15 is 0 Å². The van der Waals surface area contributed by atoms with Gasteiger partial charge in [0.15, 0.2) is 0 Å². The maximum atomic E-state index is 11.2. The number of nitrogens with one attached hydrogen (secondary N) is 1. The van der Waals surface area contributed by atoms with Crippen LogP contribution in [-0.4, -0.2) is 22.6 Å². The second kappa shape index (κ2) is 4.73. The lowest BCUT2D eigenvalue weighted by Gasteiger charge is -2.12. The average Bonchev–Trinajstić information content (AvgIpc) is 2.71. The third-order valence-electron chi connectivity index (χ3n) is 2.96. The van der Waals surface area contributed by atoms with Crippen LogP contribution in [0.5, 0.6) is 0 Å². The van der Waals surface area contributed by atoms with Crippen LogP contribution >= 0.6 is 0 Å². The molecular weight excluding hydrogens is 216 g/mol. The molecule has 0 bridgehead atoms. The molecule has 2 rings (SSSR count). The summed E-state index contributed by atoms with van der Waals surface area (Å²) in [6, 6.07) is 1.78. The van der Waals surface area contributed by atoms with Crippen molar-refractivity contribution < 1.29 is 9.90 Å². The molecule has 0 aromatic carbocycles. The van der Waals surface area contributed by atoms with Gasteiger partial charge in [0.1, 0.15) is 11.4 Å². The van der Waals surface area contributed by atoms with E-state index in [0.717, 1.165) is 37.1 Å². The van der Waals surface area contributed by atoms with Crippen LogP contribution in [0.2, 0.25) is 0 Å². The van der Waals surface area contributed by atoms with Gasteiger partial charge in [0.2, 0.25) is 0 Å². The van der Waals surface area contributed by atoms with Crippen LogP contribution in [0.1, 0.15) is 41.9 Å².